The molecule has 8 N–H and O–H groups in total. The molecule has 2 amide bonds. The van der Waals surface area contributed by atoms with Crippen molar-refractivity contribution in [1.29, 1.82) is 0 Å². The topological polar surface area (TPSA) is 180 Å². The van der Waals surface area contributed by atoms with Crippen LogP contribution < -0.4 is 10.6 Å². The molecule has 3 unspecified atom stereocenters. The third-order valence-corrected chi connectivity index (χ3v) is 7.38. The molecule has 4 rings (SSSR count). The Hall–Kier alpha value is -4.12. The SMILES string of the molecule is CC(C)(C)OC(=O)NC(Cc1ccc(O)cc1)C(O)CC(Cc1ccc(O)cc1)C(=O)N[C@H]1c2ccccc2C[C@@H]1O.O. The number of alkyl carbamates (subject to hydrolysis) is 1. The van der Waals surface area contributed by atoms with Gasteiger partial charge in [0, 0.05) is 12.3 Å². The number of aliphatic hydroxyl groups is 2. The lowest BCUT2D eigenvalue weighted by Gasteiger charge is -2.29. The minimum Gasteiger partial charge on any atom is -0.508 e. The number of ether oxygens (including phenoxy) is 1. The summed E-state index contributed by atoms with van der Waals surface area (Å²) in [6, 6.07) is 19.1. The molecule has 1 aliphatic rings. The average molecular weight is 595 g/mol. The van der Waals surface area contributed by atoms with Gasteiger partial charge in [0.05, 0.1) is 24.3 Å². The van der Waals surface area contributed by atoms with Crippen LogP contribution in [0.4, 0.5) is 4.79 Å². The summed E-state index contributed by atoms with van der Waals surface area (Å²) in [5, 5.41) is 47.4. The smallest absolute Gasteiger partial charge is 0.407 e. The van der Waals surface area contributed by atoms with Gasteiger partial charge in [-0.2, -0.15) is 0 Å². The van der Waals surface area contributed by atoms with E-state index in [1.54, 1.807) is 45.0 Å². The summed E-state index contributed by atoms with van der Waals surface area (Å²) in [5.74, 6) is -0.881. The molecule has 0 heterocycles. The fourth-order valence-corrected chi connectivity index (χ4v) is 5.30. The summed E-state index contributed by atoms with van der Waals surface area (Å²) in [6.07, 6.45) is -1.72. The summed E-state index contributed by atoms with van der Waals surface area (Å²) >= 11 is 0. The molecule has 10 heteroatoms. The average Bonchev–Trinajstić information content (AvgIpc) is 3.23. The molecule has 232 valence electrons. The van der Waals surface area contributed by atoms with Crippen molar-refractivity contribution in [1.82, 2.24) is 10.6 Å². The van der Waals surface area contributed by atoms with Gasteiger partial charge in [-0.05, 0) is 86.6 Å². The second-order valence-electron chi connectivity index (χ2n) is 12.0. The molecule has 0 saturated heterocycles. The lowest BCUT2D eigenvalue weighted by atomic mass is 9.88. The van der Waals surface area contributed by atoms with Gasteiger partial charge in [-0.15, -0.1) is 0 Å². The zero-order chi connectivity index (χ0) is 30.4. The number of rotatable bonds is 10. The zero-order valence-corrected chi connectivity index (χ0v) is 24.7. The largest absolute Gasteiger partial charge is 0.508 e. The minimum atomic E-state index is -1.15. The molecule has 3 aromatic carbocycles. The van der Waals surface area contributed by atoms with Gasteiger partial charge in [0.15, 0.2) is 0 Å². The molecule has 3 aromatic rings. The molecule has 43 heavy (non-hydrogen) atoms. The highest BCUT2D eigenvalue weighted by Crippen LogP contribution is 2.32. The maximum absolute atomic E-state index is 13.8. The Bertz CT molecular complexity index is 1350. The van der Waals surface area contributed by atoms with Crippen LogP contribution in [0.25, 0.3) is 0 Å². The van der Waals surface area contributed by atoms with Crippen LogP contribution in [0, 0.1) is 5.92 Å². The molecule has 0 radical (unpaired) electrons. The molecule has 0 fully saturated rings. The van der Waals surface area contributed by atoms with E-state index >= 15 is 0 Å². The summed E-state index contributed by atoms with van der Waals surface area (Å²) in [7, 11) is 0. The first-order valence-electron chi connectivity index (χ1n) is 14.2. The molecular weight excluding hydrogens is 552 g/mol. The highest BCUT2D eigenvalue weighted by atomic mass is 16.6. The van der Waals surface area contributed by atoms with Gasteiger partial charge in [-0.25, -0.2) is 4.79 Å². The number of phenols is 2. The van der Waals surface area contributed by atoms with Crippen molar-refractivity contribution < 1.29 is 40.2 Å². The van der Waals surface area contributed by atoms with Crippen LogP contribution in [0.15, 0.2) is 72.8 Å². The van der Waals surface area contributed by atoms with Gasteiger partial charge in [0.2, 0.25) is 5.91 Å². The summed E-state index contributed by atoms with van der Waals surface area (Å²) < 4.78 is 5.44. The molecule has 0 aromatic heterocycles. The number of nitrogens with one attached hydrogen (secondary N) is 2. The summed E-state index contributed by atoms with van der Waals surface area (Å²) in [5.41, 5.74) is 2.62. The number of benzene rings is 3. The number of carbonyl (C=O) groups is 2. The first kappa shape index (κ1) is 33.4. The van der Waals surface area contributed by atoms with E-state index in [4.69, 9.17) is 4.74 Å². The van der Waals surface area contributed by atoms with Crippen molar-refractivity contribution in [2.45, 2.75) is 76.3 Å². The highest BCUT2D eigenvalue weighted by Gasteiger charge is 2.35. The molecule has 0 spiro atoms. The number of amides is 2. The monoisotopic (exact) mass is 594 g/mol. The van der Waals surface area contributed by atoms with Crippen molar-refractivity contribution in [2.24, 2.45) is 5.92 Å². The van der Waals surface area contributed by atoms with E-state index in [1.807, 2.05) is 24.3 Å². The molecule has 10 nitrogen and oxygen atoms in total. The number of fused-ring (bicyclic) bond motifs is 1. The number of carbonyl (C=O) groups excluding carboxylic acids is 2. The van der Waals surface area contributed by atoms with Crippen LogP contribution in [0.5, 0.6) is 11.5 Å². The third kappa shape index (κ3) is 9.44. The highest BCUT2D eigenvalue weighted by molar-refractivity contribution is 5.80. The van der Waals surface area contributed by atoms with E-state index in [1.165, 1.54) is 24.3 Å². The number of phenolic OH excluding ortho intramolecular Hbond substituents is 2. The predicted molar refractivity (Wildman–Crippen MR) is 162 cm³/mol. The Morgan fingerprint density at radius 1 is 0.907 bits per heavy atom. The minimum absolute atomic E-state index is 0. The molecule has 1 aliphatic carbocycles. The van der Waals surface area contributed by atoms with Gasteiger partial charge < -0.3 is 41.3 Å². The van der Waals surface area contributed by atoms with E-state index in [0.29, 0.717) is 6.42 Å². The van der Waals surface area contributed by atoms with Crippen molar-refractivity contribution >= 4 is 12.0 Å². The van der Waals surface area contributed by atoms with Gasteiger partial charge in [-0.3, -0.25) is 4.79 Å². The van der Waals surface area contributed by atoms with Gasteiger partial charge >= 0.3 is 6.09 Å². The first-order valence-corrected chi connectivity index (χ1v) is 14.2. The van der Waals surface area contributed by atoms with Gasteiger partial charge in [0.25, 0.3) is 0 Å². The Kier molecular flexibility index (Phi) is 11.2. The molecule has 0 saturated carbocycles. The predicted octanol–water partition coefficient (Wildman–Crippen LogP) is 3.09. The molecular formula is C33H42N2O8. The second kappa shape index (κ2) is 14.4. The number of aliphatic hydroxyl groups excluding tert-OH is 2. The van der Waals surface area contributed by atoms with Gasteiger partial charge in [-0.1, -0.05) is 48.5 Å². The second-order valence-corrected chi connectivity index (χ2v) is 12.0. The van der Waals surface area contributed by atoms with Gasteiger partial charge in [0.1, 0.15) is 17.1 Å². The van der Waals surface area contributed by atoms with Crippen LogP contribution in [0.3, 0.4) is 0 Å². The Morgan fingerprint density at radius 2 is 1.47 bits per heavy atom. The van der Waals surface area contributed by atoms with Crippen molar-refractivity contribution in [3.05, 3.63) is 95.1 Å². The third-order valence-electron chi connectivity index (χ3n) is 7.38. The lowest BCUT2D eigenvalue weighted by Crippen LogP contribution is -2.48. The van der Waals surface area contributed by atoms with Crippen LogP contribution in [-0.4, -0.2) is 61.8 Å². The van der Waals surface area contributed by atoms with Crippen LogP contribution >= 0.6 is 0 Å². The Balaban J connectivity index is 0.00000506. The van der Waals surface area contributed by atoms with Crippen LogP contribution in [0.1, 0.15) is 55.5 Å². The van der Waals surface area contributed by atoms with Crippen LogP contribution in [-0.2, 0) is 28.8 Å². The Labute approximate surface area is 251 Å². The van der Waals surface area contributed by atoms with E-state index < -0.39 is 41.9 Å². The first-order chi connectivity index (χ1) is 19.9. The van der Waals surface area contributed by atoms with Crippen molar-refractivity contribution in [3.8, 4) is 11.5 Å². The fourth-order valence-electron chi connectivity index (χ4n) is 5.30. The number of hydrogen-bond donors (Lipinski definition) is 6. The van der Waals surface area contributed by atoms with E-state index in [-0.39, 0.29) is 42.1 Å². The fraction of sp³-hybridized carbons (Fsp3) is 0.394. The summed E-state index contributed by atoms with van der Waals surface area (Å²) in [4.78, 5) is 26.5. The number of aromatic hydroxyl groups is 2. The van der Waals surface area contributed by atoms with Crippen molar-refractivity contribution in [2.75, 3.05) is 0 Å². The maximum atomic E-state index is 13.8. The Morgan fingerprint density at radius 3 is 2.05 bits per heavy atom. The quantitative estimate of drug-likeness (QED) is 0.209. The summed E-state index contributed by atoms with van der Waals surface area (Å²) in [6.45, 7) is 5.23. The normalized spacial score (nSPS) is 18.0. The lowest BCUT2D eigenvalue weighted by molar-refractivity contribution is -0.127. The van der Waals surface area contributed by atoms with Crippen molar-refractivity contribution in [3.63, 3.8) is 0 Å². The molecule has 0 bridgehead atoms. The zero-order valence-electron chi connectivity index (χ0n) is 24.7. The van der Waals surface area contributed by atoms with E-state index in [2.05, 4.69) is 10.6 Å². The molecule has 0 aliphatic heterocycles. The van der Waals surface area contributed by atoms with E-state index in [0.717, 1.165) is 22.3 Å². The number of hydrogen-bond acceptors (Lipinski definition) is 7. The maximum Gasteiger partial charge on any atom is 0.407 e. The van der Waals surface area contributed by atoms with Crippen LogP contribution in [0.2, 0.25) is 0 Å². The van der Waals surface area contributed by atoms with E-state index in [9.17, 15) is 30.0 Å². The molecule has 5 atom stereocenters. The standard InChI is InChI=1S/C33H40N2O7.H2O/c1-33(2,3)42-32(41)34-27(17-21-10-14-25(37)15-11-21)28(38)19-23(16-20-8-12-24(36)13-9-20)31(40)35-30-26-7-5-4-6-22(26)18-29(30)39;/h4-15,23,27-30,36-39H,16-19H2,1-3H3,(H,34,41)(H,35,40);1H2/t23?,27?,28?,29-,30-;/m0./s1.